The second kappa shape index (κ2) is 8.59. The fourth-order valence-electron chi connectivity index (χ4n) is 4.65. The SMILES string of the molecule is Cc1cc2cc(-c3cc(F)c4cc(C5CCN(C(=O)OC(C)(C)C)CC5)nnc4c3)oc2c(C)n1. The summed E-state index contributed by atoms with van der Waals surface area (Å²) in [5, 5.41) is 10.1. The highest BCUT2D eigenvalue weighted by atomic mass is 19.1. The van der Waals surface area contributed by atoms with E-state index in [1.807, 2.05) is 46.8 Å². The Morgan fingerprint density at radius 2 is 1.83 bits per heavy atom. The Balaban J connectivity index is 1.37. The number of halogens is 1. The number of furan rings is 1. The minimum Gasteiger partial charge on any atom is -0.454 e. The smallest absolute Gasteiger partial charge is 0.410 e. The average molecular weight is 477 g/mol. The van der Waals surface area contributed by atoms with E-state index in [1.165, 1.54) is 6.07 Å². The van der Waals surface area contributed by atoms with Crippen molar-refractivity contribution in [3.8, 4) is 11.3 Å². The lowest BCUT2D eigenvalue weighted by Crippen LogP contribution is -2.41. The standard InChI is InChI=1S/C27H29FN4O3/c1-15-10-19-13-24(34-25(19)16(2)29-15)18-11-21(28)20-14-22(30-31-23(20)12-18)17-6-8-32(9-7-17)26(33)35-27(3,4)5/h10-14,17H,6-9H2,1-5H3. The highest BCUT2D eigenvalue weighted by molar-refractivity contribution is 5.88. The van der Waals surface area contributed by atoms with Gasteiger partial charge in [-0.25, -0.2) is 9.18 Å². The van der Waals surface area contributed by atoms with Gasteiger partial charge in [-0.3, -0.25) is 4.98 Å². The van der Waals surface area contributed by atoms with Crippen molar-refractivity contribution in [3.05, 3.63) is 53.2 Å². The largest absolute Gasteiger partial charge is 0.454 e. The molecule has 5 rings (SSSR count). The van der Waals surface area contributed by atoms with Gasteiger partial charge < -0.3 is 14.1 Å². The van der Waals surface area contributed by atoms with Gasteiger partial charge in [0.05, 0.1) is 16.9 Å². The van der Waals surface area contributed by atoms with Crippen molar-refractivity contribution in [1.29, 1.82) is 0 Å². The molecular weight excluding hydrogens is 447 g/mol. The lowest BCUT2D eigenvalue weighted by molar-refractivity contribution is 0.0204. The summed E-state index contributed by atoms with van der Waals surface area (Å²) in [6, 6.07) is 8.91. The number of rotatable bonds is 2. The van der Waals surface area contributed by atoms with E-state index < -0.39 is 5.60 Å². The molecule has 3 aromatic heterocycles. The van der Waals surface area contributed by atoms with Crippen molar-refractivity contribution in [2.75, 3.05) is 13.1 Å². The van der Waals surface area contributed by atoms with Gasteiger partial charge >= 0.3 is 6.09 Å². The number of ether oxygens (including phenoxy) is 1. The predicted octanol–water partition coefficient (Wildman–Crippen LogP) is 6.31. The predicted molar refractivity (Wildman–Crippen MR) is 132 cm³/mol. The molecule has 1 aliphatic heterocycles. The Morgan fingerprint density at radius 3 is 2.54 bits per heavy atom. The molecule has 0 atom stereocenters. The monoisotopic (exact) mass is 476 g/mol. The number of piperidine rings is 1. The van der Waals surface area contributed by atoms with Gasteiger partial charge in [0.2, 0.25) is 0 Å². The first-order valence-corrected chi connectivity index (χ1v) is 11.9. The van der Waals surface area contributed by atoms with Crippen LogP contribution in [0.15, 0.2) is 34.7 Å². The zero-order chi connectivity index (χ0) is 24.9. The summed E-state index contributed by atoms with van der Waals surface area (Å²) in [6.07, 6.45) is 1.15. The number of nitrogens with zero attached hydrogens (tertiary/aromatic N) is 4. The first-order chi connectivity index (χ1) is 16.6. The summed E-state index contributed by atoms with van der Waals surface area (Å²) in [5.74, 6) is 0.307. The Hall–Kier alpha value is -3.55. The summed E-state index contributed by atoms with van der Waals surface area (Å²) >= 11 is 0. The molecule has 0 radical (unpaired) electrons. The molecule has 8 heteroatoms. The van der Waals surface area contributed by atoms with E-state index >= 15 is 4.39 Å². The molecule has 0 spiro atoms. The number of aromatic nitrogens is 3. The Labute approximate surface area is 203 Å². The van der Waals surface area contributed by atoms with Crippen molar-refractivity contribution in [2.24, 2.45) is 0 Å². The zero-order valence-electron chi connectivity index (χ0n) is 20.7. The van der Waals surface area contributed by atoms with Crippen LogP contribution < -0.4 is 0 Å². The second-order valence-electron chi connectivity index (χ2n) is 10.3. The molecule has 182 valence electrons. The van der Waals surface area contributed by atoms with E-state index in [-0.39, 0.29) is 17.8 Å². The number of carbonyl (C=O) groups excluding carboxylic acids is 1. The van der Waals surface area contributed by atoms with Gasteiger partial charge in [0.25, 0.3) is 0 Å². The lowest BCUT2D eigenvalue weighted by Gasteiger charge is -2.33. The van der Waals surface area contributed by atoms with Crippen LogP contribution in [-0.2, 0) is 4.74 Å². The number of likely N-dealkylation sites (tertiary alicyclic amines) is 1. The number of pyridine rings is 1. The quantitative estimate of drug-likeness (QED) is 0.337. The van der Waals surface area contributed by atoms with Crippen LogP contribution in [0.4, 0.5) is 9.18 Å². The minimum atomic E-state index is -0.523. The maximum Gasteiger partial charge on any atom is 0.410 e. The van der Waals surface area contributed by atoms with Crippen molar-refractivity contribution in [3.63, 3.8) is 0 Å². The third kappa shape index (κ3) is 4.70. The van der Waals surface area contributed by atoms with Crippen LogP contribution in [0.1, 0.15) is 56.6 Å². The highest BCUT2D eigenvalue weighted by Crippen LogP contribution is 2.34. The molecule has 1 fully saturated rings. The summed E-state index contributed by atoms with van der Waals surface area (Å²) in [7, 11) is 0. The summed E-state index contributed by atoms with van der Waals surface area (Å²) in [6.45, 7) is 10.5. The Morgan fingerprint density at radius 1 is 1.09 bits per heavy atom. The highest BCUT2D eigenvalue weighted by Gasteiger charge is 2.28. The number of hydrogen-bond acceptors (Lipinski definition) is 6. The molecule has 4 heterocycles. The van der Waals surface area contributed by atoms with Gasteiger partial charge in [0.1, 0.15) is 17.2 Å². The van der Waals surface area contributed by atoms with E-state index in [0.717, 1.165) is 35.3 Å². The molecule has 0 aliphatic carbocycles. The molecule has 1 aromatic carbocycles. The van der Waals surface area contributed by atoms with Gasteiger partial charge in [-0.2, -0.15) is 10.2 Å². The Bertz CT molecular complexity index is 1430. The first-order valence-electron chi connectivity index (χ1n) is 11.9. The molecular formula is C27H29FN4O3. The van der Waals surface area contributed by atoms with Crippen LogP contribution in [0.2, 0.25) is 0 Å². The number of carbonyl (C=O) groups is 1. The van der Waals surface area contributed by atoms with Crippen molar-refractivity contribution in [1.82, 2.24) is 20.1 Å². The molecule has 35 heavy (non-hydrogen) atoms. The van der Waals surface area contributed by atoms with E-state index in [1.54, 1.807) is 17.0 Å². The number of benzene rings is 1. The minimum absolute atomic E-state index is 0.110. The maximum atomic E-state index is 15.2. The summed E-state index contributed by atoms with van der Waals surface area (Å²) in [4.78, 5) is 18.5. The van der Waals surface area contributed by atoms with Crippen molar-refractivity contribution >= 4 is 28.0 Å². The molecule has 0 bridgehead atoms. The first kappa shape index (κ1) is 23.2. The molecule has 7 nitrogen and oxygen atoms in total. The Kier molecular flexibility index (Phi) is 5.69. The van der Waals surface area contributed by atoms with Crippen LogP contribution in [0.5, 0.6) is 0 Å². The molecule has 0 unspecified atom stereocenters. The summed E-state index contributed by atoms with van der Waals surface area (Å²) < 4.78 is 26.7. The molecule has 1 saturated heterocycles. The fourth-order valence-corrected chi connectivity index (χ4v) is 4.65. The lowest BCUT2D eigenvalue weighted by atomic mass is 9.92. The van der Waals surface area contributed by atoms with Gasteiger partial charge in [-0.05, 0) is 77.8 Å². The van der Waals surface area contributed by atoms with Crippen LogP contribution in [0.3, 0.4) is 0 Å². The zero-order valence-corrected chi connectivity index (χ0v) is 20.7. The number of fused-ring (bicyclic) bond motifs is 2. The summed E-state index contributed by atoms with van der Waals surface area (Å²) in [5.41, 5.74) is 3.71. The maximum absolute atomic E-state index is 15.2. The van der Waals surface area contributed by atoms with E-state index in [9.17, 15) is 4.79 Å². The average Bonchev–Trinajstić information content (AvgIpc) is 3.22. The number of amides is 1. The van der Waals surface area contributed by atoms with Gasteiger partial charge in [0.15, 0.2) is 5.58 Å². The number of aryl methyl sites for hydroxylation is 2. The fraction of sp³-hybridized carbons (Fsp3) is 0.407. The van der Waals surface area contributed by atoms with Crippen molar-refractivity contribution in [2.45, 2.75) is 59.0 Å². The molecule has 4 aromatic rings. The molecule has 1 amide bonds. The molecule has 0 saturated carbocycles. The number of hydrogen-bond donors (Lipinski definition) is 0. The topological polar surface area (TPSA) is 81.4 Å². The van der Waals surface area contributed by atoms with Gasteiger partial charge in [-0.1, -0.05) is 0 Å². The van der Waals surface area contributed by atoms with E-state index in [0.29, 0.717) is 40.9 Å². The van der Waals surface area contributed by atoms with Crippen molar-refractivity contribution < 1.29 is 18.3 Å². The normalized spacial score (nSPS) is 15.2. The van der Waals surface area contributed by atoms with E-state index in [4.69, 9.17) is 9.15 Å². The van der Waals surface area contributed by atoms with E-state index in [2.05, 4.69) is 15.2 Å². The third-order valence-electron chi connectivity index (χ3n) is 6.32. The third-order valence-corrected chi connectivity index (χ3v) is 6.32. The second-order valence-corrected chi connectivity index (χ2v) is 10.3. The van der Waals surface area contributed by atoms with Gasteiger partial charge in [-0.15, -0.1) is 0 Å². The molecule has 1 aliphatic rings. The van der Waals surface area contributed by atoms with Crippen LogP contribution >= 0.6 is 0 Å². The van der Waals surface area contributed by atoms with Crippen LogP contribution in [0.25, 0.3) is 33.2 Å². The van der Waals surface area contributed by atoms with Crippen LogP contribution in [0, 0.1) is 19.7 Å². The molecule has 0 N–H and O–H groups in total. The van der Waals surface area contributed by atoms with Gasteiger partial charge in [0, 0.05) is 41.0 Å². The van der Waals surface area contributed by atoms with Crippen LogP contribution in [-0.4, -0.2) is 44.9 Å².